The standard InChI is InChI=1S/C13H22N2O5S/c1-7(2)12(8(3)16)15-11(18)6-21-5-10(13(19)20)14-9(4)17/h7,10,12H,5-6H2,1-4H3,(H,14,17)(H,15,18)(H,19,20). The van der Waals surface area contributed by atoms with E-state index in [2.05, 4.69) is 10.6 Å². The molecule has 0 aromatic rings. The molecule has 0 rings (SSSR count). The van der Waals surface area contributed by atoms with Gasteiger partial charge in [-0.25, -0.2) is 4.79 Å². The van der Waals surface area contributed by atoms with Crippen LogP contribution in [0.4, 0.5) is 0 Å². The van der Waals surface area contributed by atoms with E-state index in [1.54, 1.807) is 0 Å². The SMILES string of the molecule is CC(=O)NC(CSCC(=O)NC(C(C)=O)C(C)C)C(=O)O. The van der Waals surface area contributed by atoms with E-state index in [9.17, 15) is 19.2 Å². The lowest BCUT2D eigenvalue weighted by Crippen LogP contribution is -2.45. The van der Waals surface area contributed by atoms with E-state index in [0.29, 0.717) is 0 Å². The van der Waals surface area contributed by atoms with Crippen LogP contribution >= 0.6 is 11.8 Å². The van der Waals surface area contributed by atoms with Crippen molar-refractivity contribution in [3.63, 3.8) is 0 Å². The zero-order chi connectivity index (χ0) is 16.6. The number of aliphatic carboxylic acids is 1. The van der Waals surface area contributed by atoms with Crippen molar-refractivity contribution in [2.75, 3.05) is 11.5 Å². The van der Waals surface area contributed by atoms with Crippen LogP contribution in [0.1, 0.15) is 27.7 Å². The third kappa shape index (κ3) is 8.34. The van der Waals surface area contributed by atoms with E-state index in [4.69, 9.17) is 5.11 Å². The number of ketones is 1. The number of Topliss-reactive ketones (excluding diaryl/α,β-unsaturated/α-hetero) is 1. The first-order valence-corrected chi connectivity index (χ1v) is 7.68. The normalized spacial score (nSPS) is 13.4. The fraction of sp³-hybridized carbons (Fsp3) is 0.692. The Morgan fingerprint density at radius 1 is 1.10 bits per heavy atom. The van der Waals surface area contributed by atoms with Gasteiger partial charge in [0.05, 0.1) is 11.8 Å². The summed E-state index contributed by atoms with van der Waals surface area (Å²) in [6, 6.07) is -1.57. The smallest absolute Gasteiger partial charge is 0.327 e. The molecule has 0 heterocycles. The topological polar surface area (TPSA) is 113 Å². The second-order valence-electron chi connectivity index (χ2n) is 5.01. The van der Waals surface area contributed by atoms with E-state index in [-0.39, 0.29) is 29.1 Å². The zero-order valence-electron chi connectivity index (χ0n) is 12.6. The highest BCUT2D eigenvalue weighted by molar-refractivity contribution is 8.00. The van der Waals surface area contributed by atoms with E-state index >= 15 is 0 Å². The van der Waals surface area contributed by atoms with Crippen molar-refractivity contribution < 1.29 is 24.3 Å². The molecule has 2 unspecified atom stereocenters. The molecule has 120 valence electrons. The number of nitrogens with one attached hydrogen (secondary N) is 2. The molecule has 0 aliphatic rings. The Balaban J connectivity index is 4.26. The van der Waals surface area contributed by atoms with Gasteiger partial charge in [0.1, 0.15) is 6.04 Å². The molecule has 0 fully saturated rings. The summed E-state index contributed by atoms with van der Waals surface area (Å²) in [7, 11) is 0. The number of carbonyl (C=O) groups is 4. The minimum Gasteiger partial charge on any atom is -0.480 e. The lowest BCUT2D eigenvalue weighted by Gasteiger charge is -2.19. The van der Waals surface area contributed by atoms with Gasteiger partial charge < -0.3 is 15.7 Å². The van der Waals surface area contributed by atoms with Crippen LogP contribution in [0.25, 0.3) is 0 Å². The Kier molecular flexibility index (Phi) is 8.68. The molecule has 7 nitrogen and oxygen atoms in total. The summed E-state index contributed by atoms with van der Waals surface area (Å²) in [4.78, 5) is 44.8. The first kappa shape index (κ1) is 19.4. The lowest BCUT2D eigenvalue weighted by atomic mass is 10.0. The van der Waals surface area contributed by atoms with Crippen LogP contribution in [0.3, 0.4) is 0 Å². The van der Waals surface area contributed by atoms with Crippen molar-refractivity contribution in [2.45, 2.75) is 39.8 Å². The number of amides is 2. The van der Waals surface area contributed by atoms with E-state index in [1.807, 2.05) is 13.8 Å². The van der Waals surface area contributed by atoms with Gasteiger partial charge in [-0.3, -0.25) is 14.4 Å². The van der Waals surface area contributed by atoms with Crippen molar-refractivity contribution >= 4 is 35.3 Å². The Labute approximate surface area is 128 Å². The Bertz CT molecular complexity index is 411. The number of carboxylic acids is 1. The molecule has 0 bridgehead atoms. The van der Waals surface area contributed by atoms with Crippen molar-refractivity contribution in [2.24, 2.45) is 5.92 Å². The Hall–Kier alpha value is -1.57. The number of carbonyl (C=O) groups excluding carboxylic acids is 3. The summed E-state index contributed by atoms with van der Waals surface area (Å²) in [6.07, 6.45) is 0. The molecule has 0 saturated carbocycles. The van der Waals surface area contributed by atoms with Gasteiger partial charge in [-0.15, -0.1) is 11.8 Å². The molecule has 3 N–H and O–H groups in total. The van der Waals surface area contributed by atoms with Crippen LogP contribution in [-0.2, 0) is 19.2 Å². The van der Waals surface area contributed by atoms with E-state index in [0.717, 1.165) is 11.8 Å². The summed E-state index contributed by atoms with van der Waals surface area (Å²) in [5.74, 6) is -1.95. The molecular weight excluding hydrogens is 296 g/mol. The maximum atomic E-state index is 11.7. The predicted molar refractivity (Wildman–Crippen MR) is 80.0 cm³/mol. The molecule has 0 spiro atoms. The van der Waals surface area contributed by atoms with Gasteiger partial charge in [-0.2, -0.15) is 0 Å². The molecule has 0 radical (unpaired) electrons. The molecule has 2 atom stereocenters. The van der Waals surface area contributed by atoms with E-state index < -0.39 is 24.0 Å². The molecule has 0 aromatic carbocycles. The van der Waals surface area contributed by atoms with Gasteiger partial charge in [-0.1, -0.05) is 13.8 Å². The number of hydrogen-bond acceptors (Lipinski definition) is 5. The largest absolute Gasteiger partial charge is 0.480 e. The molecule has 2 amide bonds. The zero-order valence-corrected chi connectivity index (χ0v) is 13.5. The third-order valence-electron chi connectivity index (χ3n) is 2.61. The highest BCUT2D eigenvalue weighted by Crippen LogP contribution is 2.06. The minimum absolute atomic E-state index is 0.0115. The molecule has 8 heteroatoms. The van der Waals surface area contributed by atoms with Gasteiger partial charge in [0, 0.05) is 12.7 Å². The van der Waals surface area contributed by atoms with Crippen molar-refractivity contribution in [3.8, 4) is 0 Å². The van der Waals surface area contributed by atoms with Crippen molar-refractivity contribution in [1.82, 2.24) is 10.6 Å². The Morgan fingerprint density at radius 2 is 1.67 bits per heavy atom. The Morgan fingerprint density at radius 3 is 2.05 bits per heavy atom. The highest BCUT2D eigenvalue weighted by Gasteiger charge is 2.22. The molecule has 0 saturated heterocycles. The fourth-order valence-electron chi connectivity index (χ4n) is 1.64. The quantitative estimate of drug-likeness (QED) is 0.553. The van der Waals surface area contributed by atoms with Gasteiger partial charge >= 0.3 is 5.97 Å². The number of thioether (sulfide) groups is 1. The number of hydrogen-bond donors (Lipinski definition) is 3. The van der Waals surface area contributed by atoms with Gasteiger partial charge in [-0.05, 0) is 12.8 Å². The number of rotatable bonds is 9. The molecule has 21 heavy (non-hydrogen) atoms. The maximum Gasteiger partial charge on any atom is 0.327 e. The fourth-order valence-corrected chi connectivity index (χ4v) is 2.49. The van der Waals surface area contributed by atoms with Crippen LogP contribution in [0.15, 0.2) is 0 Å². The van der Waals surface area contributed by atoms with Crippen LogP contribution in [-0.4, -0.2) is 52.3 Å². The predicted octanol–water partition coefficient (Wildman–Crippen LogP) is 0.0387. The van der Waals surface area contributed by atoms with Crippen LogP contribution in [0.2, 0.25) is 0 Å². The van der Waals surface area contributed by atoms with Gasteiger partial charge in [0.25, 0.3) is 0 Å². The van der Waals surface area contributed by atoms with Crippen LogP contribution in [0.5, 0.6) is 0 Å². The molecule has 0 aliphatic heterocycles. The average Bonchev–Trinajstić information content (AvgIpc) is 2.33. The first-order valence-electron chi connectivity index (χ1n) is 6.52. The third-order valence-corrected chi connectivity index (χ3v) is 3.65. The van der Waals surface area contributed by atoms with Gasteiger partial charge in [0.2, 0.25) is 11.8 Å². The minimum atomic E-state index is -1.15. The van der Waals surface area contributed by atoms with Crippen LogP contribution < -0.4 is 10.6 Å². The van der Waals surface area contributed by atoms with E-state index in [1.165, 1.54) is 13.8 Å². The van der Waals surface area contributed by atoms with Gasteiger partial charge in [0.15, 0.2) is 5.78 Å². The highest BCUT2D eigenvalue weighted by atomic mass is 32.2. The maximum absolute atomic E-state index is 11.7. The molecule has 0 aliphatic carbocycles. The summed E-state index contributed by atoms with van der Waals surface area (Å²) >= 11 is 1.09. The lowest BCUT2D eigenvalue weighted by molar-refractivity contribution is -0.140. The average molecular weight is 318 g/mol. The summed E-state index contributed by atoms with van der Waals surface area (Å²) in [6.45, 7) is 6.30. The van der Waals surface area contributed by atoms with Crippen molar-refractivity contribution in [1.29, 1.82) is 0 Å². The second-order valence-corrected chi connectivity index (χ2v) is 6.04. The number of carboxylic acid groups (broad SMARTS) is 1. The summed E-state index contributed by atoms with van der Waals surface area (Å²) < 4.78 is 0. The monoisotopic (exact) mass is 318 g/mol. The summed E-state index contributed by atoms with van der Waals surface area (Å²) in [5.41, 5.74) is 0. The summed E-state index contributed by atoms with van der Waals surface area (Å²) in [5, 5.41) is 13.8. The molecule has 0 aromatic heterocycles. The van der Waals surface area contributed by atoms with Crippen molar-refractivity contribution in [3.05, 3.63) is 0 Å². The first-order chi connectivity index (χ1) is 9.65. The van der Waals surface area contributed by atoms with Crippen LogP contribution in [0, 0.1) is 5.92 Å². The second kappa shape index (κ2) is 9.38. The molecular formula is C13H22N2O5S.